The maximum absolute atomic E-state index is 13.1. The zero-order valence-electron chi connectivity index (χ0n) is 26.1. The van der Waals surface area contributed by atoms with Crippen LogP contribution >= 0.6 is 11.6 Å². The Morgan fingerprint density at radius 1 is 0.761 bits per heavy atom. The van der Waals surface area contributed by atoms with Crippen molar-refractivity contribution < 1.29 is 52.4 Å². The Kier molecular flexibility index (Phi) is 17.7. The number of nitrogens with zero attached hydrogens (tertiary/aromatic N) is 1. The number of benzene rings is 1. The van der Waals surface area contributed by atoms with E-state index in [2.05, 4.69) is 10.6 Å². The molecule has 2 N–H and O–H groups in total. The number of nitrogens with one attached hydrogen (secondary N) is 2. The quantitative estimate of drug-likeness (QED) is 0.0887. The third-order valence-corrected chi connectivity index (χ3v) is 7.27. The summed E-state index contributed by atoms with van der Waals surface area (Å²) >= 11 is 5.64. The standard InChI is InChI=1S/C31H44ClN3O11/c32-10-3-1-2-4-11-41-12-13-42-14-15-43-16-17-44-18-19-45-20-21-46-22-27(37)33-24-7-5-6-23-28(24)31(40)35(30(23)39)25-8-9-26(36)34-29(25)38/h5-7,25H,1-4,8-22H2,(H,33,37)(H,34,36,38). The summed E-state index contributed by atoms with van der Waals surface area (Å²) in [6.45, 7) is 4.54. The summed E-state index contributed by atoms with van der Waals surface area (Å²) in [7, 11) is 0. The molecule has 1 fully saturated rings. The van der Waals surface area contributed by atoms with E-state index in [1.807, 2.05) is 0 Å². The number of hydrogen-bond acceptors (Lipinski definition) is 11. The fourth-order valence-electron chi connectivity index (χ4n) is 4.72. The number of unbranched alkanes of at least 4 members (excludes halogenated alkanes) is 3. The molecule has 1 atom stereocenters. The Morgan fingerprint density at radius 2 is 1.33 bits per heavy atom. The van der Waals surface area contributed by atoms with Crippen molar-refractivity contribution in [3.8, 4) is 0 Å². The lowest BCUT2D eigenvalue weighted by Crippen LogP contribution is -2.54. The largest absolute Gasteiger partial charge is 0.379 e. The average Bonchev–Trinajstić information content (AvgIpc) is 3.29. The van der Waals surface area contributed by atoms with E-state index < -0.39 is 35.6 Å². The molecule has 46 heavy (non-hydrogen) atoms. The molecule has 1 aromatic rings. The van der Waals surface area contributed by atoms with Gasteiger partial charge in [-0.3, -0.25) is 34.2 Å². The second-order valence-corrected chi connectivity index (χ2v) is 10.8. The number of fused-ring (bicyclic) bond motifs is 1. The van der Waals surface area contributed by atoms with Crippen LogP contribution in [-0.4, -0.2) is 126 Å². The van der Waals surface area contributed by atoms with E-state index >= 15 is 0 Å². The highest BCUT2D eigenvalue weighted by Crippen LogP contribution is 2.32. The summed E-state index contributed by atoms with van der Waals surface area (Å²) < 4.78 is 32.6. The summed E-state index contributed by atoms with van der Waals surface area (Å²) in [5.41, 5.74) is 0.199. The van der Waals surface area contributed by atoms with Gasteiger partial charge in [0.05, 0.1) is 82.9 Å². The number of piperidine rings is 1. The molecule has 0 radical (unpaired) electrons. The second-order valence-electron chi connectivity index (χ2n) is 10.4. The number of carbonyl (C=O) groups is 5. The van der Waals surface area contributed by atoms with E-state index in [0.29, 0.717) is 52.9 Å². The van der Waals surface area contributed by atoms with Gasteiger partial charge in [0.2, 0.25) is 17.7 Å². The van der Waals surface area contributed by atoms with Crippen molar-refractivity contribution in [2.75, 3.05) is 90.5 Å². The fraction of sp³-hybridized carbons (Fsp3) is 0.645. The van der Waals surface area contributed by atoms with Crippen molar-refractivity contribution in [1.29, 1.82) is 0 Å². The predicted molar refractivity (Wildman–Crippen MR) is 166 cm³/mol. The van der Waals surface area contributed by atoms with Crippen LogP contribution in [0.4, 0.5) is 5.69 Å². The Bertz CT molecular complexity index is 1150. The molecule has 0 aromatic heterocycles. The summed E-state index contributed by atoms with van der Waals surface area (Å²) in [6.07, 6.45) is 4.43. The van der Waals surface area contributed by atoms with Crippen LogP contribution in [-0.2, 0) is 42.8 Å². The van der Waals surface area contributed by atoms with Crippen LogP contribution in [0.15, 0.2) is 18.2 Å². The number of alkyl halides is 1. The maximum Gasteiger partial charge on any atom is 0.264 e. The third kappa shape index (κ3) is 12.7. The Morgan fingerprint density at radius 3 is 1.91 bits per heavy atom. The summed E-state index contributed by atoms with van der Waals surface area (Å²) in [4.78, 5) is 63.1. The molecule has 2 aliphatic rings. The van der Waals surface area contributed by atoms with Gasteiger partial charge in [0, 0.05) is 18.9 Å². The zero-order valence-corrected chi connectivity index (χ0v) is 26.8. The maximum atomic E-state index is 13.1. The fourth-order valence-corrected chi connectivity index (χ4v) is 4.91. The normalized spacial score (nSPS) is 16.2. The SMILES string of the molecule is O=C1CCC(N2C(=O)c3cccc(NC(=O)COCCOCCOCCOCCOCCOCCCCCCCl)c3C2=O)C(=O)N1. The number of ether oxygens (including phenoxy) is 6. The molecule has 0 spiro atoms. The van der Waals surface area contributed by atoms with Gasteiger partial charge < -0.3 is 33.7 Å². The van der Waals surface area contributed by atoms with Crippen LogP contribution in [0, 0.1) is 0 Å². The number of imide groups is 2. The predicted octanol–water partition coefficient (Wildman–Crippen LogP) is 1.93. The average molecular weight is 670 g/mol. The first-order valence-corrected chi connectivity index (χ1v) is 16.1. The van der Waals surface area contributed by atoms with Crippen molar-refractivity contribution in [2.45, 2.75) is 44.6 Å². The summed E-state index contributed by atoms with van der Waals surface area (Å²) in [5, 5.41) is 4.74. The van der Waals surface area contributed by atoms with Crippen molar-refractivity contribution in [2.24, 2.45) is 0 Å². The van der Waals surface area contributed by atoms with Gasteiger partial charge in [0.25, 0.3) is 11.8 Å². The van der Waals surface area contributed by atoms with E-state index in [1.54, 1.807) is 0 Å². The van der Waals surface area contributed by atoms with Gasteiger partial charge in [-0.25, -0.2) is 0 Å². The van der Waals surface area contributed by atoms with Gasteiger partial charge in [-0.15, -0.1) is 11.6 Å². The molecule has 15 heteroatoms. The Hall–Kier alpha value is -2.98. The van der Waals surface area contributed by atoms with Crippen LogP contribution in [0.3, 0.4) is 0 Å². The van der Waals surface area contributed by atoms with E-state index in [9.17, 15) is 24.0 Å². The van der Waals surface area contributed by atoms with Crippen LogP contribution in [0.5, 0.6) is 0 Å². The van der Waals surface area contributed by atoms with Gasteiger partial charge in [0.1, 0.15) is 12.6 Å². The number of hydrogen-bond donors (Lipinski definition) is 2. The van der Waals surface area contributed by atoms with Gasteiger partial charge in [-0.1, -0.05) is 18.9 Å². The summed E-state index contributed by atoms with van der Waals surface area (Å²) in [6, 6.07) is 3.37. The minimum Gasteiger partial charge on any atom is -0.379 e. The van der Waals surface area contributed by atoms with Crippen LogP contribution in [0.25, 0.3) is 0 Å². The third-order valence-electron chi connectivity index (χ3n) is 7.01. The van der Waals surface area contributed by atoms with Gasteiger partial charge in [-0.05, 0) is 31.4 Å². The Labute approximate surface area is 273 Å². The molecule has 14 nitrogen and oxygen atoms in total. The highest BCUT2D eigenvalue weighted by molar-refractivity contribution is 6.26. The van der Waals surface area contributed by atoms with Crippen molar-refractivity contribution in [3.63, 3.8) is 0 Å². The molecule has 256 valence electrons. The number of halogens is 1. The van der Waals surface area contributed by atoms with Gasteiger partial charge in [-0.2, -0.15) is 0 Å². The molecule has 0 saturated carbocycles. The van der Waals surface area contributed by atoms with Gasteiger partial charge >= 0.3 is 0 Å². The minimum absolute atomic E-state index is 0.00565. The molecule has 5 amide bonds. The smallest absolute Gasteiger partial charge is 0.264 e. The monoisotopic (exact) mass is 669 g/mol. The molecule has 0 bridgehead atoms. The lowest BCUT2D eigenvalue weighted by molar-refractivity contribution is -0.136. The highest BCUT2D eigenvalue weighted by Gasteiger charge is 2.45. The first kappa shape index (κ1) is 37.5. The number of rotatable bonds is 25. The van der Waals surface area contributed by atoms with E-state index in [-0.39, 0.29) is 49.5 Å². The van der Waals surface area contributed by atoms with E-state index in [1.165, 1.54) is 18.2 Å². The van der Waals surface area contributed by atoms with Crippen molar-refractivity contribution in [3.05, 3.63) is 29.3 Å². The van der Waals surface area contributed by atoms with E-state index in [4.69, 9.17) is 40.0 Å². The number of amides is 5. The molecular weight excluding hydrogens is 626 g/mol. The second kappa shape index (κ2) is 21.7. The van der Waals surface area contributed by atoms with Gasteiger partial charge in [0.15, 0.2) is 0 Å². The van der Waals surface area contributed by atoms with E-state index in [0.717, 1.165) is 43.1 Å². The first-order valence-electron chi connectivity index (χ1n) is 15.6. The number of anilines is 1. The lowest BCUT2D eigenvalue weighted by atomic mass is 10.0. The summed E-state index contributed by atoms with van der Waals surface area (Å²) in [5.74, 6) is -2.34. The van der Waals surface area contributed by atoms with Crippen molar-refractivity contribution in [1.82, 2.24) is 10.2 Å². The minimum atomic E-state index is -1.09. The van der Waals surface area contributed by atoms with Crippen LogP contribution < -0.4 is 10.6 Å². The number of carbonyl (C=O) groups excluding carboxylic acids is 5. The molecule has 1 aromatic carbocycles. The zero-order chi connectivity index (χ0) is 33.0. The molecule has 1 saturated heterocycles. The molecule has 0 aliphatic carbocycles. The lowest BCUT2D eigenvalue weighted by Gasteiger charge is -2.27. The molecule has 3 rings (SSSR count). The molecule has 2 heterocycles. The molecule has 2 aliphatic heterocycles. The van der Waals surface area contributed by atoms with Crippen LogP contribution in [0.2, 0.25) is 0 Å². The van der Waals surface area contributed by atoms with Crippen molar-refractivity contribution >= 4 is 46.8 Å². The molecule has 1 unspecified atom stereocenters. The first-order chi connectivity index (χ1) is 22.4. The Balaban J connectivity index is 1.16. The highest BCUT2D eigenvalue weighted by atomic mass is 35.5. The molecular formula is C31H44ClN3O11. The van der Waals surface area contributed by atoms with Crippen LogP contribution in [0.1, 0.15) is 59.2 Å². The topological polar surface area (TPSA) is 168 Å².